The number of hydrogen-bond acceptors (Lipinski definition) is 12. The highest BCUT2D eigenvalue weighted by atomic mass is 16.8. The Morgan fingerprint density at radius 2 is 0.870 bits per heavy atom. The van der Waals surface area contributed by atoms with Crippen molar-refractivity contribution in [2.75, 3.05) is 13.2 Å². The van der Waals surface area contributed by atoms with Gasteiger partial charge in [-0.15, -0.1) is 0 Å². The van der Waals surface area contributed by atoms with Crippen molar-refractivity contribution in [2.45, 2.75) is 101 Å². The number of carbonyl (C=O) groups excluding carboxylic acids is 2. The van der Waals surface area contributed by atoms with Gasteiger partial charge in [-0.05, 0) is 39.9 Å². The van der Waals surface area contributed by atoms with Crippen LogP contribution in [0.2, 0.25) is 0 Å². The number of esters is 1. The van der Waals surface area contributed by atoms with Gasteiger partial charge in [0.05, 0.1) is 51.8 Å². The number of amides is 1. The number of carbonyl (C=O) groups is 2. The van der Waals surface area contributed by atoms with Gasteiger partial charge >= 0.3 is 5.97 Å². The molecule has 69 heavy (non-hydrogen) atoms. The SMILES string of the molecule is CC(=O)NC1C(OCc2ccccc2)OC(COCc2ccccc2)C(OC2OC(COCc3ccccc3)C(OCc3ccccc3)C(OCc3ccccc3)C2OC(=O)c2ccccc2)C1O. The molecule has 0 aromatic heterocycles. The molecule has 2 heterocycles. The van der Waals surface area contributed by atoms with E-state index < -0.39 is 73.2 Å². The van der Waals surface area contributed by atoms with E-state index in [1.54, 1.807) is 30.3 Å². The Labute approximate surface area is 403 Å². The van der Waals surface area contributed by atoms with Crippen LogP contribution >= 0.6 is 0 Å². The first kappa shape index (κ1) is 49.3. The van der Waals surface area contributed by atoms with Gasteiger partial charge in [-0.2, -0.15) is 0 Å². The fourth-order valence-electron chi connectivity index (χ4n) is 8.33. The lowest BCUT2D eigenvalue weighted by molar-refractivity contribution is -0.357. The average molecular weight is 938 g/mol. The van der Waals surface area contributed by atoms with Gasteiger partial charge in [0, 0.05) is 6.92 Å². The molecule has 2 N–H and O–H groups in total. The highest BCUT2D eigenvalue weighted by molar-refractivity contribution is 5.89. The van der Waals surface area contributed by atoms with Crippen LogP contribution in [0.15, 0.2) is 182 Å². The predicted octanol–water partition coefficient (Wildman–Crippen LogP) is 7.73. The van der Waals surface area contributed by atoms with Crippen LogP contribution in [0.4, 0.5) is 0 Å². The van der Waals surface area contributed by atoms with Crippen LogP contribution < -0.4 is 5.32 Å². The van der Waals surface area contributed by atoms with Crippen LogP contribution in [0.5, 0.6) is 0 Å². The highest BCUT2D eigenvalue weighted by Gasteiger charge is 2.54. The van der Waals surface area contributed by atoms with Gasteiger partial charge in [0.15, 0.2) is 18.7 Å². The van der Waals surface area contributed by atoms with Crippen molar-refractivity contribution in [3.05, 3.63) is 215 Å². The van der Waals surface area contributed by atoms with Crippen molar-refractivity contribution >= 4 is 11.9 Å². The van der Waals surface area contributed by atoms with Crippen molar-refractivity contribution in [3.8, 4) is 0 Å². The van der Waals surface area contributed by atoms with Crippen molar-refractivity contribution in [3.63, 3.8) is 0 Å². The van der Waals surface area contributed by atoms with E-state index in [2.05, 4.69) is 5.32 Å². The molecule has 13 nitrogen and oxygen atoms in total. The quantitative estimate of drug-likeness (QED) is 0.0642. The molecule has 2 aliphatic heterocycles. The Kier molecular flexibility index (Phi) is 18.2. The van der Waals surface area contributed by atoms with Gasteiger partial charge in [-0.3, -0.25) is 4.79 Å². The summed E-state index contributed by atoms with van der Waals surface area (Å²) in [6.07, 6.45) is -10.4. The van der Waals surface area contributed by atoms with E-state index in [9.17, 15) is 14.7 Å². The normalized spacial score (nSPS) is 24.6. The molecule has 2 aliphatic rings. The summed E-state index contributed by atoms with van der Waals surface area (Å²) < 4.78 is 59.6. The lowest BCUT2D eigenvalue weighted by atomic mass is 9.95. The Balaban J connectivity index is 1.16. The van der Waals surface area contributed by atoms with Gasteiger partial charge in [-0.25, -0.2) is 4.79 Å². The van der Waals surface area contributed by atoms with Crippen LogP contribution in [-0.4, -0.2) is 91.5 Å². The van der Waals surface area contributed by atoms with E-state index >= 15 is 0 Å². The summed E-state index contributed by atoms with van der Waals surface area (Å²) in [5.41, 5.74) is 4.76. The van der Waals surface area contributed by atoms with Crippen molar-refractivity contribution < 1.29 is 57.3 Å². The van der Waals surface area contributed by atoms with E-state index in [1.807, 2.05) is 152 Å². The molecule has 6 aromatic carbocycles. The fraction of sp³-hybridized carbons (Fsp3) is 0.321. The predicted molar refractivity (Wildman–Crippen MR) is 255 cm³/mol. The van der Waals surface area contributed by atoms with Gasteiger partial charge in [0.2, 0.25) is 5.91 Å². The molecule has 0 saturated carbocycles. The molecule has 0 aliphatic carbocycles. The van der Waals surface area contributed by atoms with Crippen molar-refractivity contribution in [2.24, 2.45) is 0 Å². The average Bonchev–Trinajstić information content (AvgIpc) is 3.39. The fourth-order valence-corrected chi connectivity index (χ4v) is 8.33. The second-order valence-corrected chi connectivity index (χ2v) is 17.0. The maximum atomic E-state index is 14.3. The molecule has 1 amide bonds. The summed E-state index contributed by atoms with van der Waals surface area (Å²) in [5, 5.41) is 15.4. The third-order valence-electron chi connectivity index (χ3n) is 11.8. The largest absolute Gasteiger partial charge is 0.450 e. The van der Waals surface area contributed by atoms with Crippen LogP contribution in [-0.2, 0) is 80.5 Å². The van der Waals surface area contributed by atoms with Gasteiger partial charge < -0.3 is 53.1 Å². The van der Waals surface area contributed by atoms with Gasteiger partial charge in [-0.1, -0.05) is 170 Å². The molecular formula is C56H59NO12. The molecule has 6 aromatic rings. The van der Waals surface area contributed by atoms with E-state index in [1.165, 1.54) is 6.92 Å². The second kappa shape index (κ2) is 25.5. The zero-order valence-electron chi connectivity index (χ0n) is 38.5. The molecular weight excluding hydrogens is 879 g/mol. The number of rotatable bonds is 22. The standard InChI is InChI=1S/C56H59NO12/c1-39(58)57-48-49(59)50(46(37-61-32-40-20-8-2-9-21-40)66-55(48)65-36-44-28-16-6-17-29-44)69-56-53(68-54(60)45-30-18-7-19-31-45)52(64-35-43-26-14-5-15-27-43)51(63-34-42-24-12-4-13-25-42)47(67-56)38-62-33-41-22-10-3-11-23-41/h2-31,46-53,55-56,59H,32-38H2,1H3,(H,57,58). The zero-order chi connectivity index (χ0) is 47.6. The number of benzene rings is 6. The number of aliphatic hydroxyl groups is 1. The summed E-state index contributed by atoms with van der Waals surface area (Å²) >= 11 is 0. The molecule has 10 unspecified atom stereocenters. The lowest BCUT2D eigenvalue weighted by Crippen LogP contribution is -2.68. The Bertz CT molecular complexity index is 2420. The maximum absolute atomic E-state index is 14.3. The molecule has 0 radical (unpaired) electrons. The Hall–Kier alpha value is -6.10. The Morgan fingerprint density at radius 3 is 1.33 bits per heavy atom. The minimum atomic E-state index is -1.47. The molecule has 10 atom stereocenters. The van der Waals surface area contributed by atoms with Crippen LogP contribution in [0, 0.1) is 0 Å². The first-order valence-corrected chi connectivity index (χ1v) is 23.3. The minimum absolute atomic E-state index is 0.00993. The molecule has 8 rings (SSSR count). The van der Waals surface area contributed by atoms with Crippen LogP contribution in [0.25, 0.3) is 0 Å². The topological polar surface area (TPSA) is 149 Å². The summed E-state index contributed by atoms with van der Waals surface area (Å²) in [5.74, 6) is -1.10. The lowest BCUT2D eigenvalue weighted by Gasteiger charge is -2.49. The number of aliphatic hydroxyl groups excluding tert-OH is 1. The van der Waals surface area contributed by atoms with E-state index in [0.717, 1.165) is 27.8 Å². The van der Waals surface area contributed by atoms with Crippen molar-refractivity contribution in [1.29, 1.82) is 0 Å². The highest BCUT2D eigenvalue weighted by Crippen LogP contribution is 2.35. The molecule has 2 fully saturated rings. The monoisotopic (exact) mass is 937 g/mol. The Morgan fingerprint density at radius 1 is 0.478 bits per heavy atom. The third-order valence-corrected chi connectivity index (χ3v) is 11.8. The van der Waals surface area contributed by atoms with Crippen LogP contribution in [0.1, 0.15) is 45.1 Å². The first-order chi connectivity index (χ1) is 33.9. The second-order valence-electron chi connectivity index (χ2n) is 17.0. The smallest absolute Gasteiger partial charge is 0.338 e. The summed E-state index contributed by atoms with van der Waals surface area (Å²) in [4.78, 5) is 27.1. The van der Waals surface area contributed by atoms with Crippen molar-refractivity contribution in [1.82, 2.24) is 5.32 Å². The maximum Gasteiger partial charge on any atom is 0.338 e. The molecule has 0 bridgehead atoms. The van der Waals surface area contributed by atoms with Crippen LogP contribution in [0.3, 0.4) is 0 Å². The first-order valence-electron chi connectivity index (χ1n) is 23.3. The number of hydrogen-bond donors (Lipinski definition) is 2. The summed E-state index contributed by atoms with van der Waals surface area (Å²) in [6.45, 7) is 2.16. The minimum Gasteiger partial charge on any atom is -0.450 e. The van der Waals surface area contributed by atoms with E-state index in [-0.39, 0.29) is 51.8 Å². The number of nitrogens with one attached hydrogen (secondary N) is 1. The summed E-state index contributed by atoms with van der Waals surface area (Å²) in [7, 11) is 0. The van der Waals surface area contributed by atoms with Gasteiger partial charge in [0.25, 0.3) is 0 Å². The van der Waals surface area contributed by atoms with E-state index in [4.69, 9.17) is 42.6 Å². The molecule has 13 heteroatoms. The van der Waals surface area contributed by atoms with E-state index in [0.29, 0.717) is 0 Å². The number of ether oxygens (including phenoxy) is 9. The third kappa shape index (κ3) is 14.2. The zero-order valence-corrected chi connectivity index (χ0v) is 38.5. The summed E-state index contributed by atoms with van der Waals surface area (Å²) in [6, 6.07) is 55.7. The molecule has 2 saturated heterocycles. The molecule has 0 spiro atoms. The molecule has 360 valence electrons. The van der Waals surface area contributed by atoms with Gasteiger partial charge in [0.1, 0.15) is 42.7 Å².